The van der Waals surface area contributed by atoms with E-state index in [0.717, 1.165) is 5.56 Å². The Bertz CT molecular complexity index is 1940. The molecule has 0 amide bonds. The molecule has 4 aromatic rings. The molecule has 0 unspecified atom stereocenters. The van der Waals surface area contributed by atoms with Gasteiger partial charge in [0.15, 0.2) is 16.3 Å². The molecule has 0 saturated heterocycles. The van der Waals surface area contributed by atoms with Crippen LogP contribution in [-0.2, 0) is 16.1 Å². The van der Waals surface area contributed by atoms with Crippen molar-refractivity contribution in [2.45, 2.75) is 26.5 Å². The van der Waals surface area contributed by atoms with E-state index in [1.807, 2.05) is 6.07 Å². The summed E-state index contributed by atoms with van der Waals surface area (Å²) in [5.41, 5.74) is 2.65. The third-order valence-corrected chi connectivity index (χ3v) is 9.05. The second kappa shape index (κ2) is 13.3. The summed E-state index contributed by atoms with van der Waals surface area (Å²) in [6.45, 7) is 3.85. The Balaban J connectivity index is 1.56. The second-order valence-electron chi connectivity index (χ2n) is 9.41. The van der Waals surface area contributed by atoms with Gasteiger partial charge < -0.3 is 14.2 Å². The molecule has 0 spiro atoms. The topological polar surface area (TPSA) is 79.1 Å². The molecule has 1 aliphatic heterocycles. The van der Waals surface area contributed by atoms with Crippen LogP contribution >= 0.6 is 62.1 Å². The summed E-state index contributed by atoms with van der Waals surface area (Å²) in [6.07, 6.45) is 1.75. The molecule has 1 aromatic heterocycles. The van der Waals surface area contributed by atoms with Crippen molar-refractivity contribution in [3.63, 3.8) is 0 Å². The van der Waals surface area contributed by atoms with Crippen molar-refractivity contribution in [3.8, 4) is 11.5 Å². The van der Waals surface area contributed by atoms with Crippen molar-refractivity contribution < 1.29 is 19.0 Å². The summed E-state index contributed by atoms with van der Waals surface area (Å²) in [4.78, 5) is 32.1. The van der Waals surface area contributed by atoms with Gasteiger partial charge in [-0.2, -0.15) is 0 Å². The number of carbonyl (C=O) groups excluding carboxylic acids is 1. The number of hydrogen-bond acceptors (Lipinski definition) is 7. The van der Waals surface area contributed by atoms with Crippen LogP contribution < -0.4 is 24.4 Å². The molecule has 0 N–H and O–H groups in total. The van der Waals surface area contributed by atoms with Crippen LogP contribution in [0.15, 0.2) is 80.1 Å². The summed E-state index contributed by atoms with van der Waals surface area (Å²) in [5, 5.41) is 1.57. The predicted octanol–water partition coefficient (Wildman–Crippen LogP) is 7.11. The van der Waals surface area contributed by atoms with Crippen LogP contribution in [0.5, 0.6) is 11.5 Å². The van der Waals surface area contributed by atoms with Crippen LogP contribution in [0.3, 0.4) is 0 Å². The zero-order valence-corrected chi connectivity index (χ0v) is 27.8. The highest BCUT2D eigenvalue weighted by atomic mass is 79.9. The number of methoxy groups -OCH3 is 1. The maximum Gasteiger partial charge on any atom is 0.338 e. The molecule has 2 heterocycles. The largest absolute Gasteiger partial charge is 0.493 e. The molecule has 43 heavy (non-hydrogen) atoms. The Kier molecular flexibility index (Phi) is 9.68. The Morgan fingerprint density at radius 3 is 2.49 bits per heavy atom. The number of fused-ring (bicyclic) bond motifs is 1. The number of rotatable bonds is 8. The summed E-state index contributed by atoms with van der Waals surface area (Å²) in [7, 11) is 1.54. The molecule has 222 valence electrons. The first-order chi connectivity index (χ1) is 20.6. The zero-order chi connectivity index (χ0) is 30.8. The van der Waals surface area contributed by atoms with Gasteiger partial charge >= 0.3 is 5.97 Å². The number of hydrogen-bond donors (Lipinski definition) is 0. The molecular weight excluding hydrogens is 699 g/mol. The number of halogens is 4. The third-order valence-electron chi connectivity index (χ3n) is 6.64. The lowest BCUT2D eigenvalue weighted by molar-refractivity contribution is -0.139. The maximum absolute atomic E-state index is 13.9. The maximum atomic E-state index is 13.9. The van der Waals surface area contributed by atoms with Gasteiger partial charge in [-0.05, 0) is 83.4 Å². The van der Waals surface area contributed by atoms with Crippen molar-refractivity contribution in [1.82, 2.24) is 4.57 Å². The van der Waals surface area contributed by atoms with Gasteiger partial charge in [0.1, 0.15) is 6.61 Å². The number of aromatic nitrogens is 1. The summed E-state index contributed by atoms with van der Waals surface area (Å²) < 4.78 is 19.6. The summed E-state index contributed by atoms with van der Waals surface area (Å²) in [6, 6.07) is 15.1. The normalized spacial score (nSPS) is 14.8. The van der Waals surface area contributed by atoms with Crippen molar-refractivity contribution in [2.24, 2.45) is 4.99 Å². The molecule has 0 bridgehead atoms. The lowest BCUT2D eigenvalue weighted by Gasteiger charge is -2.24. The molecule has 7 nitrogen and oxygen atoms in total. The smallest absolute Gasteiger partial charge is 0.338 e. The molecule has 1 atom stereocenters. The monoisotopic (exact) mass is 720 g/mol. The standard InChI is InChI=1S/C31H24BrCl3N2O5S/c1-4-41-30(39)26-16(2)36-31-37(27(26)18-5-8-20(33)9-6-18)29(38)25(43-31)13-17-11-22(32)28(24(12-17)40-3)42-15-19-7-10-21(34)14-23(19)35/h5-14,27H,4,15H2,1-3H3/t27-/m1/s1. The Morgan fingerprint density at radius 1 is 1.09 bits per heavy atom. The fraction of sp³-hybridized carbons (Fsp3) is 0.194. The van der Waals surface area contributed by atoms with E-state index >= 15 is 0 Å². The molecule has 5 rings (SSSR count). The van der Waals surface area contributed by atoms with Crippen molar-refractivity contribution >= 4 is 74.1 Å². The first-order valence-corrected chi connectivity index (χ1v) is 15.7. The number of esters is 1. The summed E-state index contributed by atoms with van der Waals surface area (Å²) >= 11 is 23.3. The Morgan fingerprint density at radius 2 is 1.81 bits per heavy atom. The molecule has 3 aromatic carbocycles. The van der Waals surface area contributed by atoms with Crippen molar-refractivity contribution in [2.75, 3.05) is 13.7 Å². The number of nitrogens with zero attached hydrogens (tertiary/aromatic N) is 2. The van der Waals surface area contributed by atoms with Crippen LogP contribution in [0, 0.1) is 0 Å². The van der Waals surface area contributed by atoms with Crippen LogP contribution in [0.1, 0.15) is 36.6 Å². The molecule has 0 fully saturated rings. The first-order valence-electron chi connectivity index (χ1n) is 13.0. The highest BCUT2D eigenvalue weighted by Crippen LogP contribution is 2.38. The van der Waals surface area contributed by atoms with Crippen LogP contribution in [0.2, 0.25) is 15.1 Å². The van der Waals surface area contributed by atoms with Gasteiger partial charge in [0.2, 0.25) is 0 Å². The van der Waals surface area contributed by atoms with Gasteiger partial charge in [-0.25, -0.2) is 9.79 Å². The number of thiazole rings is 1. The highest BCUT2D eigenvalue weighted by molar-refractivity contribution is 9.10. The molecule has 0 radical (unpaired) electrons. The minimum Gasteiger partial charge on any atom is -0.493 e. The lowest BCUT2D eigenvalue weighted by atomic mass is 9.96. The van der Waals surface area contributed by atoms with E-state index in [-0.39, 0.29) is 18.8 Å². The van der Waals surface area contributed by atoms with E-state index in [1.165, 1.54) is 23.0 Å². The van der Waals surface area contributed by atoms with E-state index in [2.05, 4.69) is 20.9 Å². The predicted molar refractivity (Wildman–Crippen MR) is 173 cm³/mol. The number of carbonyl (C=O) groups is 1. The van der Waals surface area contributed by atoms with Gasteiger partial charge in [0.05, 0.1) is 40.0 Å². The molecular formula is C31H24BrCl3N2O5S. The van der Waals surface area contributed by atoms with Crippen molar-refractivity contribution in [3.05, 3.63) is 122 Å². The fourth-order valence-corrected chi connectivity index (χ4v) is 6.87. The van der Waals surface area contributed by atoms with Gasteiger partial charge in [0, 0.05) is 20.6 Å². The van der Waals surface area contributed by atoms with Gasteiger partial charge in [-0.1, -0.05) is 64.3 Å². The van der Waals surface area contributed by atoms with Gasteiger partial charge in [-0.15, -0.1) is 0 Å². The molecule has 0 saturated carbocycles. The SMILES string of the molecule is CCOC(=O)C1=C(C)N=c2sc(=Cc3cc(Br)c(OCc4ccc(Cl)cc4Cl)c(OC)c3)c(=O)n2[C@@H]1c1ccc(Cl)cc1. The Hall–Kier alpha value is -3.08. The lowest BCUT2D eigenvalue weighted by Crippen LogP contribution is -2.39. The van der Waals surface area contributed by atoms with E-state index < -0.39 is 12.0 Å². The average molecular weight is 723 g/mol. The van der Waals surface area contributed by atoms with E-state index in [1.54, 1.807) is 68.5 Å². The summed E-state index contributed by atoms with van der Waals surface area (Å²) in [5.74, 6) is 0.407. The quantitative estimate of drug-likeness (QED) is 0.181. The van der Waals surface area contributed by atoms with Crippen LogP contribution in [0.25, 0.3) is 6.08 Å². The molecule has 1 aliphatic rings. The number of allylic oxidation sites excluding steroid dienone is 1. The Labute approximate surface area is 274 Å². The highest BCUT2D eigenvalue weighted by Gasteiger charge is 2.33. The van der Waals surface area contributed by atoms with Crippen molar-refractivity contribution in [1.29, 1.82) is 0 Å². The number of ether oxygens (including phenoxy) is 3. The minimum absolute atomic E-state index is 0.190. The third kappa shape index (κ3) is 6.56. The fourth-order valence-electron chi connectivity index (χ4n) is 4.66. The molecule has 12 heteroatoms. The van der Waals surface area contributed by atoms with E-state index in [4.69, 9.17) is 49.0 Å². The number of benzene rings is 3. The van der Waals surface area contributed by atoms with Gasteiger partial charge in [-0.3, -0.25) is 9.36 Å². The second-order valence-corrected chi connectivity index (χ2v) is 12.6. The van der Waals surface area contributed by atoms with Crippen LogP contribution in [-0.4, -0.2) is 24.3 Å². The molecule has 0 aliphatic carbocycles. The van der Waals surface area contributed by atoms with Gasteiger partial charge in [0.25, 0.3) is 5.56 Å². The first kappa shape index (κ1) is 31.3. The van der Waals surface area contributed by atoms with E-state index in [9.17, 15) is 9.59 Å². The van der Waals surface area contributed by atoms with E-state index in [0.29, 0.717) is 62.8 Å². The average Bonchev–Trinajstić information content (AvgIpc) is 3.26. The minimum atomic E-state index is -0.730. The van der Waals surface area contributed by atoms with Crippen LogP contribution in [0.4, 0.5) is 0 Å². The zero-order valence-electron chi connectivity index (χ0n) is 23.1.